The Morgan fingerprint density at radius 3 is 2.53 bits per heavy atom. The van der Waals surface area contributed by atoms with E-state index in [1.165, 1.54) is 5.56 Å². The molecule has 4 heteroatoms. The number of hydrogen-bond donors (Lipinski definition) is 0. The van der Waals surface area contributed by atoms with Crippen molar-refractivity contribution in [3.63, 3.8) is 0 Å². The van der Waals surface area contributed by atoms with Gasteiger partial charge in [-0.1, -0.05) is 29.3 Å². The van der Waals surface area contributed by atoms with Crippen molar-refractivity contribution >= 4 is 17.9 Å². The molecule has 0 radical (unpaired) electrons. The molecule has 1 heterocycles. The lowest BCUT2D eigenvalue weighted by Gasteiger charge is -2.07. The van der Waals surface area contributed by atoms with E-state index in [2.05, 4.69) is 11.2 Å². The van der Waals surface area contributed by atoms with Crippen LogP contribution in [0.4, 0.5) is 0 Å². The molecule has 1 aromatic carbocycles. The highest BCUT2D eigenvalue weighted by molar-refractivity contribution is 6.32. The van der Waals surface area contributed by atoms with Gasteiger partial charge in [-0.25, -0.2) is 4.68 Å². The minimum absolute atomic E-state index is 0.365. The van der Waals surface area contributed by atoms with E-state index in [1.807, 2.05) is 26.0 Å². The van der Waals surface area contributed by atoms with Crippen LogP contribution in [0.5, 0.6) is 0 Å². The summed E-state index contributed by atoms with van der Waals surface area (Å²) in [6.07, 6.45) is 0.741. The van der Waals surface area contributed by atoms with Crippen molar-refractivity contribution in [2.24, 2.45) is 0 Å². The van der Waals surface area contributed by atoms with Crippen molar-refractivity contribution < 1.29 is 4.79 Å². The zero-order valence-corrected chi connectivity index (χ0v) is 10.7. The molecule has 0 spiro atoms. The predicted molar refractivity (Wildman–Crippen MR) is 68.2 cm³/mol. The zero-order valence-electron chi connectivity index (χ0n) is 9.99. The van der Waals surface area contributed by atoms with E-state index in [-0.39, 0.29) is 0 Å². The van der Waals surface area contributed by atoms with Gasteiger partial charge >= 0.3 is 0 Å². The number of carbonyl (C=O) groups is 1. The predicted octanol–water partition coefficient (Wildman–Crippen LogP) is 3.26. The fourth-order valence-electron chi connectivity index (χ4n) is 1.85. The van der Waals surface area contributed by atoms with Gasteiger partial charge in [0.25, 0.3) is 0 Å². The summed E-state index contributed by atoms with van der Waals surface area (Å²) in [7, 11) is 0. The maximum atomic E-state index is 10.9. The highest BCUT2D eigenvalue weighted by atomic mass is 35.5. The van der Waals surface area contributed by atoms with Gasteiger partial charge in [-0.2, -0.15) is 5.10 Å². The van der Waals surface area contributed by atoms with Crippen LogP contribution in [0.3, 0.4) is 0 Å². The third-order valence-corrected chi connectivity index (χ3v) is 3.11. The van der Waals surface area contributed by atoms with E-state index in [1.54, 1.807) is 11.6 Å². The molecular formula is C13H13ClN2O. The molecular weight excluding hydrogens is 236 g/mol. The topological polar surface area (TPSA) is 34.9 Å². The second-order valence-electron chi connectivity index (χ2n) is 4.11. The average molecular weight is 249 g/mol. The molecule has 17 heavy (non-hydrogen) atoms. The van der Waals surface area contributed by atoms with Crippen molar-refractivity contribution in [3.8, 4) is 5.69 Å². The lowest BCUT2D eigenvalue weighted by molar-refractivity contribution is 0.112. The maximum Gasteiger partial charge on any atom is 0.155 e. The van der Waals surface area contributed by atoms with Gasteiger partial charge in [-0.05, 0) is 32.4 Å². The van der Waals surface area contributed by atoms with Crippen LogP contribution in [0.25, 0.3) is 5.69 Å². The van der Waals surface area contributed by atoms with Crippen molar-refractivity contribution in [1.29, 1.82) is 0 Å². The first-order valence-corrected chi connectivity index (χ1v) is 5.70. The van der Waals surface area contributed by atoms with Crippen molar-refractivity contribution in [1.82, 2.24) is 9.78 Å². The number of carbonyl (C=O) groups excluding carboxylic acids is 1. The number of aldehydes is 1. The van der Waals surface area contributed by atoms with Crippen LogP contribution in [-0.4, -0.2) is 16.1 Å². The van der Waals surface area contributed by atoms with Gasteiger partial charge < -0.3 is 0 Å². The molecule has 0 amide bonds. The molecule has 0 aliphatic carbocycles. The molecule has 0 fully saturated rings. The van der Waals surface area contributed by atoms with Gasteiger partial charge in [-0.15, -0.1) is 0 Å². The zero-order chi connectivity index (χ0) is 12.6. The fraction of sp³-hybridized carbons (Fsp3) is 0.231. The molecule has 0 saturated heterocycles. The van der Waals surface area contributed by atoms with Crippen molar-refractivity contribution in [2.75, 3.05) is 0 Å². The first-order chi connectivity index (χ1) is 8.04. The van der Waals surface area contributed by atoms with Crippen LogP contribution in [0.1, 0.15) is 27.2 Å². The second kappa shape index (κ2) is 4.34. The Labute approximate surface area is 105 Å². The summed E-state index contributed by atoms with van der Waals surface area (Å²) < 4.78 is 1.61. The van der Waals surface area contributed by atoms with Gasteiger partial charge in [0, 0.05) is 0 Å². The van der Waals surface area contributed by atoms with E-state index in [0.29, 0.717) is 16.4 Å². The Hall–Kier alpha value is -1.61. The summed E-state index contributed by atoms with van der Waals surface area (Å²) >= 11 is 6.15. The summed E-state index contributed by atoms with van der Waals surface area (Å²) in [6.45, 7) is 5.80. The van der Waals surface area contributed by atoms with Crippen LogP contribution >= 0.6 is 11.6 Å². The van der Waals surface area contributed by atoms with Crippen molar-refractivity contribution in [2.45, 2.75) is 20.8 Å². The SMILES string of the molecule is Cc1ccc(-n2nc(C)c(C=O)c2Cl)c(C)c1. The highest BCUT2D eigenvalue weighted by Crippen LogP contribution is 2.24. The van der Waals surface area contributed by atoms with Gasteiger partial charge in [0.1, 0.15) is 5.15 Å². The largest absolute Gasteiger partial charge is 0.298 e. The standard InChI is InChI=1S/C13H13ClN2O/c1-8-4-5-12(9(2)6-8)16-13(14)11(7-17)10(3)15-16/h4-7H,1-3H3. The van der Waals surface area contributed by atoms with Crippen LogP contribution in [-0.2, 0) is 0 Å². The second-order valence-corrected chi connectivity index (χ2v) is 4.47. The molecule has 1 aromatic heterocycles. The first-order valence-electron chi connectivity index (χ1n) is 5.32. The molecule has 0 bridgehead atoms. The third kappa shape index (κ3) is 1.98. The highest BCUT2D eigenvalue weighted by Gasteiger charge is 2.14. The average Bonchev–Trinajstić information content (AvgIpc) is 2.54. The van der Waals surface area contributed by atoms with Gasteiger partial charge in [-0.3, -0.25) is 4.79 Å². The molecule has 88 valence electrons. The lowest BCUT2D eigenvalue weighted by atomic mass is 10.1. The monoisotopic (exact) mass is 248 g/mol. The Bertz CT molecular complexity index is 587. The Morgan fingerprint density at radius 2 is 2.00 bits per heavy atom. The number of aryl methyl sites for hydroxylation is 3. The fourth-order valence-corrected chi connectivity index (χ4v) is 2.16. The van der Waals surface area contributed by atoms with Crippen LogP contribution < -0.4 is 0 Å². The van der Waals surface area contributed by atoms with Crippen molar-refractivity contribution in [3.05, 3.63) is 45.7 Å². The van der Waals surface area contributed by atoms with Gasteiger partial charge in [0.2, 0.25) is 0 Å². The molecule has 0 aliphatic heterocycles. The summed E-state index contributed by atoms with van der Waals surface area (Å²) in [6, 6.07) is 6.01. The molecule has 0 aliphatic rings. The Morgan fingerprint density at radius 1 is 1.29 bits per heavy atom. The van der Waals surface area contributed by atoms with E-state index < -0.39 is 0 Å². The minimum atomic E-state index is 0.365. The summed E-state index contributed by atoms with van der Waals surface area (Å²) in [4.78, 5) is 10.9. The molecule has 3 nitrogen and oxygen atoms in total. The summed E-state index contributed by atoms with van der Waals surface area (Å²) in [5.74, 6) is 0. The Kier molecular flexibility index (Phi) is 3.03. The number of nitrogens with zero attached hydrogens (tertiary/aromatic N) is 2. The first kappa shape index (κ1) is 11.9. The van der Waals surface area contributed by atoms with Gasteiger partial charge in [0.15, 0.2) is 6.29 Å². The molecule has 0 N–H and O–H groups in total. The Balaban J connectivity index is 2.65. The van der Waals surface area contributed by atoms with E-state index in [4.69, 9.17) is 11.6 Å². The number of benzene rings is 1. The maximum absolute atomic E-state index is 10.9. The molecule has 0 atom stereocenters. The summed E-state index contributed by atoms with van der Waals surface area (Å²) in [5.41, 5.74) is 4.25. The van der Waals surface area contributed by atoms with E-state index >= 15 is 0 Å². The van der Waals surface area contributed by atoms with E-state index in [9.17, 15) is 4.79 Å². The number of halogens is 1. The lowest BCUT2D eigenvalue weighted by Crippen LogP contribution is -1.99. The van der Waals surface area contributed by atoms with Crippen LogP contribution in [0, 0.1) is 20.8 Å². The number of aromatic nitrogens is 2. The van der Waals surface area contributed by atoms with Crippen LogP contribution in [0.2, 0.25) is 5.15 Å². The number of rotatable bonds is 2. The quantitative estimate of drug-likeness (QED) is 0.765. The molecule has 0 saturated carbocycles. The summed E-state index contributed by atoms with van der Waals surface area (Å²) in [5, 5.41) is 4.66. The third-order valence-electron chi connectivity index (χ3n) is 2.75. The smallest absolute Gasteiger partial charge is 0.155 e. The molecule has 0 unspecified atom stereocenters. The molecule has 2 rings (SSSR count). The normalized spacial score (nSPS) is 10.6. The molecule has 2 aromatic rings. The number of hydrogen-bond acceptors (Lipinski definition) is 2. The van der Waals surface area contributed by atoms with Gasteiger partial charge in [0.05, 0.1) is 16.9 Å². The van der Waals surface area contributed by atoms with Crippen LogP contribution in [0.15, 0.2) is 18.2 Å². The minimum Gasteiger partial charge on any atom is -0.298 e. The van der Waals surface area contributed by atoms with E-state index in [0.717, 1.165) is 17.5 Å².